The molecule has 0 atom stereocenters. The molecule has 1 aromatic rings. The number of nitrogens with one attached hydrogen (secondary N) is 1. The van der Waals surface area contributed by atoms with Crippen LogP contribution in [-0.2, 0) is 19.6 Å². The lowest BCUT2D eigenvalue weighted by Gasteiger charge is -2.21. The zero-order chi connectivity index (χ0) is 9.97. The molecule has 1 aliphatic rings. The Labute approximate surface area is 83.7 Å². The van der Waals surface area contributed by atoms with Gasteiger partial charge in [0.25, 0.3) is 0 Å². The van der Waals surface area contributed by atoms with E-state index in [-0.39, 0.29) is 6.61 Å². The minimum atomic E-state index is 0.0455. The van der Waals surface area contributed by atoms with Crippen molar-refractivity contribution >= 4 is 0 Å². The molecule has 1 heterocycles. The van der Waals surface area contributed by atoms with Crippen LogP contribution in [0.2, 0.25) is 0 Å². The van der Waals surface area contributed by atoms with Crippen LogP contribution in [0.15, 0.2) is 12.1 Å². The molecule has 0 spiro atoms. The van der Waals surface area contributed by atoms with Gasteiger partial charge in [0.05, 0.1) is 13.7 Å². The Kier molecular flexibility index (Phi) is 2.70. The summed E-state index contributed by atoms with van der Waals surface area (Å²) in [7, 11) is 1.66. The van der Waals surface area contributed by atoms with Crippen molar-refractivity contribution in [2.24, 2.45) is 0 Å². The predicted molar refractivity (Wildman–Crippen MR) is 54.3 cm³/mol. The van der Waals surface area contributed by atoms with Gasteiger partial charge in [0, 0.05) is 17.7 Å². The van der Waals surface area contributed by atoms with Crippen molar-refractivity contribution in [1.82, 2.24) is 5.32 Å². The van der Waals surface area contributed by atoms with Gasteiger partial charge in [-0.25, -0.2) is 0 Å². The lowest BCUT2D eigenvalue weighted by molar-refractivity contribution is 0.273. The molecule has 3 nitrogen and oxygen atoms in total. The maximum absolute atomic E-state index is 9.16. The summed E-state index contributed by atoms with van der Waals surface area (Å²) in [6, 6.07) is 4.00. The number of aliphatic hydroxyl groups excluding tert-OH is 1. The molecule has 2 N–H and O–H groups in total. The molecule has 0 bridgehead atoms. The summed E-state index contributed by atoms with van der Waals surface area (Å²) in [6.07, 6.45) is 0.979. The van der Waals surface area contributed by atoms with Gasteiger partial charge in [0.15, 0.2) is 0 Å². The molecular weight excluding hydrogens is 178 g/mol. The van der Waals surface area contributed by atoms with E-state index in [9.17, 15) is 0 Å². The van der Waals surface area contributed by atoms with Gasteiger partial charge in [0.2, 0.25) is 0 Å². The normalized spacial score (nSPS) is 15.0. The third-order valence-electron chi connectivity index (χ3n) is 2.68. The van der Waals surface area contributed by atoms with Crippen LogP contribution in [-0.4, -0.2) is 18.8 Å². The van der Waals surface area contributed by atoms with Crippen LogP contribution in [0.25, 0.3) is 0 Å². The molecule has 0 aromatic heterocycles. The van der Waals surface area contributed by atoms with Gasteiger partial charge in [-0.05, 0) is 18.5 Å². The summed E-state index contributed by atoms with van der Waals surface area (Å²) in [6.45, 7) is 1.93. The second kappa shape index (κ2) is 3.98. The van der Waals surface area contributed by atoms with Crippen molar-refractivity contribution in [3.8, 4) is 5.75 Å². The quantitative estimate of drug-likeness (QED) is 0.731. The third kappa shape index (κ3) is 1.49. The van der Waals surface area contributed by atoms with E-state index in [1.165, 1.54) is 11.1 Å². The van der Waals surface area contributed by atoms with E-state index in [0.717, 1.165) is 30.8 Å². The summed E-state index contributed by atoms with van der Waals surface area (Å²) in [5, 5.41) is 12.5. The van der Waals surface area contributed by atoms with Gasteiger partial charge in [-0.15, -0.1) is 0 Å². The monoisotopic (exact) mass is 193 g/mol. The summed E-state index contributed by atoms with van der Waals surface area (Å²) in [5.74, 6) is 0.867. The Morgan fingerprint density at radius 1 is 1.50 bits per heavy atom. The zero-order valence-corrected chi connectivity index (χ0v) is 8.34. The first-order valence-corrected chi connectivity index (χ1v) is 4.86. The van der Waals surface area contributed by atoms with Gasteiger partial charge in [-0.3, -0.25) is 0 Å². The second-order valence-corrected chi connectivity index (χ2v) is 3.48. The van der Waals surface area contributed by atoms with E-state index in [4.69, 9.17) is 9.84 Å². The Balaban J connectivity index is 2.50. The van der Waals surface area contributed by atoms with E-state index in [1.807, 2.05) is 6.07 Å². The fourth-order valence-corrected chi connectivity index (χ4v) is 1.97. The Bertz CT molecular complexity index is 321. The van der Waals surface area contributed by atoms with Crippen molar-refractivity contribution in [3.05, 3.63) is 28.8 Å². The molecule has 14 heavy (non-hydrogen) atoms. The van der Waals surface area contributed by atoms with Crippen molar-refractivity contribution in [3.63, 3.8) is 0 Å². The van der Waals surface area contributed by atoms with E-state index in [0.29, 0.717) is 0 Å². The van der Waals surface area contributed by atoms with Gasteiger partial charge in [0.1, 0.15) is 5.75 Å². The molecule has 76 valence electrons. The fraction of sp³-hybridized carbons (Fsp3) is 0.455. The average molecular weight is 193 g/mol. The maximum atomic E-state index is 9.16. The molecule has 0 radical (unpaired) electrons. The molecule has 2 rings (SSSR count). The predicted octanol–water partition coefficient (Wildman–Crippen LogP) is 0.833. The lowest BCUT2D eigenvalue weighted by atomic mass is 9.97. The second-order valence-electron chi connectivity index (χ2n) is 3.48. The average Bonchev–Trinajstić information content (AvgIpc) is 2.27. The highest BCUT2D eigenvalue weighted by Crippen LogP contribution is 2.29. The molecule has 0 saturated heterocycles. The topological polar surface area (TPSA) is 41.5 Å². The number of benzene rings is 1. The minimum absolute atomic E-state index is 0.0455. The molecule has 1 aliphatic heterocycles. The van der Waals surface area contributed by atoms with Gasteiger partial charge in [-0.1, -0.05) is 12.1 Å². The van der Waals surface area contributed by atoms with Gasteiger partial charge >= 0.3 is 0 Å². The highest BCUT2D eigenvalue weighted by Gasteiger charge is 2.15. The van der Waals surface area contributed by atoms with Crippen LogP contribution in [0.3, 0.4) is 0 Å². The Morgan fingerprint density at radius 2 is 2.36 bits per heavy atom. The number of methoxy groups -OCH3 is 1. The number of rotatable bonds is 2. The van der Waals surface area contributed by atoms with E-state index < -0.39 is 0 Å². The highest BCUT2D eigenvalue weighted by molar-refractivity contribution is 5.47. The standard InChI is InChI=1S/C11H15NO2/c1-14-11-9(7-13)3-2-8-6-12-5-4-10(8)11/h2-3,12-13H,4-7H2,1H3. The van der Waals surface area contributed by atoms with E-state index in [2.05, 4.69) is 11.4 Å². The molecule has 3 heteroatoms. The van der Waals surface area contributed by atoms with Crippen LogP contribution in [0, 0.1) is 0 Å². The first-order chi connectivity index (χ1) is 6.86. The number of hydrogen-bond donors (Lipinski definition) is 2. The van der Waals surface area contributed by atoms with Gasteiger partial charge in [-0.2, -0.15) is 0 Å². The minimum Gasteiger partial charge on any atom is -0.496 e. The SMILES string of the molecule is COc1c(CO)ccc2c1CCNC2. The smallest absolute Gasteiger partial charge is 0.127 e. The molecule has 0 amide bonds. The zero-order valence-electron chi connectivity index (χ0n) is 8.34. The summed E-state index contributed by atoms with van der Waals surface area (Å²) in [5.41, 5.74) is 3.41. The van der Waals surface area contributed by atoms with Crippen molar-refractivity contribution in [2.45, 2.75) is 19.6 Å². The number of fused-ring (bicyclic) bond motifs is 1. The summed E-state index contributed by atoms with van der Waals surface area (Å²) >= 11 is 0. The largest absolute Gasteiger partial charge is 0.496 e. The Hall–Kier alpha value is -1.06. The summed E-state index contributed by atoms with van der Waals surface area (Å²) in [4.78, 5) is 0. The van der Waals surface area contributed by atoms with E-state index >= 15 is 0 Å². The first kappa shape index (κ1) is 9.49. The molecular formula is C11H15NO2. The number of aliphatic hydroxyl groups is 1. The lowest BCUT2D eigenvalue weighted by Crippen LogP contribution is -2.24. The van der Waals surface area contributed by atoms with Crippen molar-refractivity contribution in [1.29, 1.82) is 0 Å². The van der Waals surface area contributed by atoms with Crippen LogP contribution >= 0.6 is 0 Å². The van der Waals surface area contributed by atoms with Crippen LogP contribution < -0.4 is 10.1 Å². The third-order valence-corrected chi connectivity index (χ3v) is 2.68. The van der Waals surface area contributed by atoms with Crippen LogP contribution in [0.4, 0.5) is 0 Å². The number of hydrogen-bond acceptors (Lipinski definition) is 3. The maximum Gasteiger partial charge on any atom is 0.127 e. The van der Waals surface area contributed by atoms with Crippen molar-refractivity contribution < 1.29 is 9.84 Å². The Morgan fingerprint density at radius 3 is 3.07 bits per heavy atom. The number of ether oxygens (including phenoxy) is 1. The van der Waals surface area contributed by atoms with E-state index in [1.54, 1.807) is 7.11 Å². The molecule has 0 fully saturated rings. The molecule has 0 aliphatic carbocycles. The van der Waals surface area contributed by atoms with Gasteiger partial charge < -0.3 is 15.2 Å². The first-order valence-electron chi connectivity index (χ1n) is 4.86. The van der Waals surface area contributed by atoms with Crippen LogP contribution in [0.1, 0.15) is 16.7 Å². The molecule has 0 unspecified atom stereocenters. The molecule has 1 aromatic carbocycles. The summed E-state index contributed by atoms with van der Waals surface area (Å²) < 4.78 is 5.35. The van der Waals surface area contributed by atoms with Crippen molar-refractivity contribution in [2.75, 3.05) is 13.7 Å². The molecule has 0 saturated carbocycles. The highest BCUT2D eigenvalue weighted by atomic mass is 16.5. The van der Waals surface area contributed by atoms with Crippen LogP contribution in [0.5, 0.6) is 5.75 Å². The fourth-order valence-electron chi connectivity index (χ4n) is 1.97.